The molecule has 1 aromatic heterocycles. The Balaban J connectivity index is 2.42. The van der Waals surface area contributed by atoms with Crippen molar-refractivity contribution in [2.45, 2.75) is 33.4 Å². The van der Waals surface area contributed by atoms with Gasteiger partial charge in [-0.25, -0.2) is 14.8 Å². The fourth-order valence-corrected chi connectivity index (χ4v) is 1.94. The van der Waals surface area contributed by atoms with Gasteiger partial charge in [0, 0.05) is 25.1 Å². The van der Waals surface area contributed by atoms with E-state index in [2.05, 4.69) is 29.1 Å². The Morgan fingerprint density at radius 3 is 2.82 bits per heavy atom. The van der Waals surface area contributed by atoms with E-state index in [9.17, 15) is 4.79 Å². The average molecular weight is 235 g/mol. The van der Waals surface area contributed by atoms with E-state index in [0.29, 0.717) is 24.7 Å². The molecule has 0 radical (unpaired) electrons. The Bertz CT molecular complexity index is 444. The largest absolute Gasteiger partial charge is 0.464 e. The summed E-state index contributed by atoms with van der Waals surface area (Å²) >= 11 is 0. The number of carbonyl (C=O) groups is 1. The van der Waals surface area contributed by atoms with Crippen LogP contribution in [0.1, 0.15) is 41.4 Å². The Morgan fingerprint density at radius 1 is 1.41 bits per heavy atom. The number of nitrogens with zero attached hydrogens (tertiary/aromatic N) is 2. The fraction of sp³-hybridized carbons (Fsp3) is 0.583. The molecule has 92 valence electrons. The van der Waals surface area contributed by atoms with Gasteiger partial charge < -0.3 is 10.1 Å². The summed E-state index contributed by atoms with van der Waals surface area (Å²) < 4.78 is 4.76. The van der Waals surface area contributed by atoms with Crippen molar-refractivity contribution in [1.82, 2.24) is 15.3 Å². The zero-order valence-electron chi connectivity index (χ0n) is 10.4. The van der Waals surface area contributed by atoms with Gasteiger partial charge in [-0.3, -0.25) is 0 Å². The maximum atomic E-state index is 11.7. The standard InChI is InChI=1S/C12H17N3O2/c1-7(2)4-10-14-9-6-13-5-8(9)11(15-10)12(16)17-3/h7,13H,4-6H2,1-3H3. The third kappa shape index (κ3) is 2.44. The topological polar surface area (TPSA) is 64.1 Å². The van der Waals surface area contributed by atoms with Crippen molar-refractivity contribution < 1.29 is 9.53 Å². The molecule has 0 spiro atoms. The van der Waals surface area contributed by atoms with Gasteiger partial charge in [0.05, 0.1) is 12.8 Å². The van der Waals surface area contributed by atoms with E-state index in [1.54, 1.807) is 0 Å². The van der Waals surface area contributed by atoms with E-state index in [1.165, 1.54) is 7.11 Å². The van der Waals surface area contributed by atoms with Crippen LogP contribution in [0.25, 0.3) is 0 Å². The van der Waals surface area contributed by atoms with Crippen molar-refractivity contribution >= 4 is 5.97 Å². The number of carbonyl (C=O) groups excluding carboxylic acids is 1. The fourth-order valence-electron chi connectivity index (χ4n) is 1.94. The van der Waals surface area contributed by atoms with Crippen LogP contribution in [-0.4, -0.2) is 23.0 Å². The zero-order valence-corrected chi connectivity index (χ0v) is 10.4. The van der Waals surface area contributed by atoms with Crippen LogP contribution in [0.2, 0.25) is 0 Å². The summed E-state index contributed by atoms with van der Waals surface area (Å²) in [6, 6.07) is 0. The maximum Gasteiger partial charge on any atom is 0.357 e. The Morgan fingerprint density at radius 2 is 2.18 bits per heavy atom. The van der Waals surface area contributed by atoms with Crippen LogP contribution < -0.4 is 5.32 Å². The van der Waals surface area contributed by atoms with E-state index in [1.807, 2.05) is 0 Å². The summed E-state index contributed by atoms with van der Waals surface area (Å²) in [6.45, 7) is 5.55. The van der Waals surface area contributed by atoms with Crippen molar-refractivity contribution in [3.8, 4) is 0 Å². The second-order valence-corrected chi connectivity index (χ2v) is 4.61. The van der Waals surface area contributed by atoms with E-state index in [-0.39, 0.29) is 5.97 Å². The number of esters is 1. The smallest absolute Gasteiger partial charge is 0.357 e. The highest BCUT2D eigenvalue weighted by molar-refractivity contribution is 5.89. The molecule has 0 unspecified atom stereocenters. The van der Waals surface area contributed by atoms with Crippen LogP contribution >= 0.6 is 0 Å². The van der Waals surface area contributed by atoms with Gasteiger partial charge >= 0.3 is 5.97 Å². The van der Waals surface area contributed by atoms with Gasteiger partial charge in [0.2, 0.25) is 0 Å². The summed E-state index contributed by atoms with van der Waals surface area (Å²) in [6.07, 6.45) is 0.775. The molecule has 1 aliphatic heterocycles. The summed E-state index contributed by atoms with van der Waals surface area (Å²) in [4.78, 5) is 20.5. The van der Waals surface area contributed by atoms with Gasteiger partial charge in [-0.1, -0.05) is 13.8 Å². The molecule has 0 bridgehead atoms. The quantitative estimate of drug-likeness (QED) is 0.794. The van der Waals surface area contributed by atoms with Crippen LogP contribution in [0.3, 0.4) is 0 Å². The molecule has 1 aromatic rings. The molecule has 2 rings (SSSR count). The number of ether oxygens (including phenoxy) is 1. The molecule has 1 N–H and O–H groups in total. The molecular weight excluding hydrogens is 218 g/mol. The van der Waals surface area contributed by atoms with Gasteiger partial charge in [-0.2, -0.15) is 0 Å². The third-order valence-corrected chi connectivity index (χ3v) is 2.70. The molecule has 0 saturated heterocycles. The molecule has 5 nitrogen and oxygen atoms in total. The first-order valence-electron chi connectivity index (χ1n) is 5.79. The highest BCUT2D eigenvalue weighted by atomic mass is 16.5. The van der Waals surface area contributed by atoms with Gasteiger partial charge in [0.1, 0.15) is 5.82 Å². The van der Waals surface area contributed by atoms with Crippen molar-refractivity contribution in [2.24, 2.45) is 5.92 Å². The minimum Gasteiger partial charge on any atom is -0.464 e. The van der Waals surface area contributed by atoms with E-state index < -0.39 is 0 Å². The monoisotopic (exact) mass is 235 g/mol. The molecule has 0 fully saturated rings. The first-order valence-corrected chi connectivity index (χ1v) is 5.79. The number of fused-ring (bicyclic) bond motifs is 1. The number of methoxy groups -OCH3 is 1. The third-order valence-electron chi connectivity index (χ3n) is 2.70. The summed E-state index contributed by atoms with van der Waals surface area (Å²) in [5.74, 6) is 0.813. The normalized spacial score (nSPS) is 13.9. The van der Waals surface area contributed by atoms with E-state index in [4.69, 9.17) is 4.74 Å². The van der Waals surface area contributed by atoms with Crippen LogP contribution in [-0.2, 0) is 24.2 Å². The van der Waals surface area contributed by atoms with Crippen molar-refractivity contribution in [3.05, 3.63) is 22.8 Å². The molecule has 0 aliphatic carbocycles. The number of nitrogens with one attached hydrogen (secondary N) is 1. The maximum absolute atomic E-state index is 11.7. The SMILES string of the molecule is COC(=O)c1nc(CC(C)C)nc2c1CNC2. The molecule has 0 atom stereocenters. The predicted octanol–water partition coefficient (Wildman–Crippen LogP) is 1.06. The van der Waals surface area contributed by atoms with Crippen LogP contribution in [0.15, 0.2) is 0 Å². The summed E-state index contributed by atoms with van der Waals surface area (Å²) in [5, 5.41) is 3.18. The van der Waals surface area contributed by atoms with Crippen molar-refractivity contribution in [1.29, 1.82) is 0 Å². The lowest BCUT2D eigenvalue weighted by molar-refractivity contribution is 0.0592. The first kappa shape index (κ1) is 12.0. The number of hydrogen-bond acceptors (Lipinski definition) is 5. The van der Waals surface area contributed by atoms with Gasteiger partial charge in [0.25, 0.3) is 0 Å². The first-order chi connectivity index (χ1) is 8.11. The van der Waals surface area contributed by atoms with Gasteiger partial charge in [-0.05, 0) is 5.92 Å². The summed E-state index contributed by atoms with van der Waals surface area (Å²) in [7, 11) is 1.38. The Labute approximate surface area is 101 Å². The number of aromatic nitrogens is 2. The van der Waals surface area contributed by atoms with Crippen LogP contribution in [0, 0.1) is 5.92 Å². The molecule has 5 heteroatoms. The highest BCUT2D eigenvalue weighted by Crippen LogP contribution is 2.18. The van der Waals surface area contributed by atoms with Crippen molar-refractivity contribution in [2.75, 3.05) is 7.11 Å². The number of hydrogen-bond donors (Lipinski definition) is 1. The highest BCUT2D eigenvalue weighted by Gasteiger charge is 2.23. The molecule has 1 aliphatic rings. The lowest BCUT2D eigenvalue weighted by Gasteiger charge is -2.09. The molecule has 2 heterocycles. The Kier molecular flexibility index (Phi) is 3.38. The van der Waals surface area contributed by atoms with E-state index in [0.717, 1.165) is 23.5 Å². The van der Waals surface area contributed by atoms with Gasteiger partial charge in [-0.15, -0.1) is 0 Å². The second kappa shape index (κ2) is 4.79. The molecule has 17 heavy (non-hydrogen) atoms. The second-order valence-electron chi connectivity index (χ2n) is 4.61. The molecule has 0 saturated carbocycles. The average Bonchev–Trinajstić information content (AvgIpc) is 2.74. The molecular formula is C12H17N3O2. The minimum absolute atomic E-state index is 0.377. The lowest BCUT2D eigenvalue weighted by Crippen LogP contribution is -2.14. The van der Waals surface area contributed by atoms with E-state index >= 15 is 0 Å². The molecule has 0 aromatic carbocycles. The Hall–Kier alpha value is -1.49. The minimum atomic E-state index is -0.377. The predicted molar refractivity (Wildman–Crippen MR) is 62.5 cm³/mol. The van der Waals surface area contributed by atoms with Crippen LogP contribution in [0.4, 0.5) is 0 Å². The van der Waals surface area contributed by atoms with Crippen LogP contribution in [0.5, 0.6) is 0 Å². The summed E-state index contributed by atoms with van der Waals surface area (Å²) in [5.41, 5.74) is 2.22. The number of rotatable bonds is 3. The van der Waals surface area contributed by atoms with Crippen molar-refractivity contribution in [3.63, 3.8) is 0 Å². The lowest BCUT2D eigenvalue weighted by atomic mass is 10.1. The zero-order chi connectivity index (χ0) is 12.4. The van der Waals surface area contributed by atoms with Gasteiger partial charge in [0.15, 0.2) is 5.69 Å². The molecule has 0 amide bonds.